The van der Waals surface area contributed by atoms with Gasteiger partial charge in [0.05, 0.1) is 42.3 Å². The minimum Gasteiger partial charge on any atom is -0.491 e. The Morgan fingerprint density at radius 1 is 1.03 bits per heavy atom. The molecule has 0 fully saturated rings. The number of ether oxygens (including phenoxy) is 1. The fourth-order valence-corrected chi connectivity index (χ4v) is 5.55. The topological polar surface area (TPSA) is 65.5 Å². The molecule has 1 aromatic heterocycles. The first-order valence-corrected chi connectivity index (χ1v) is 11.9. The van der Waals surface area contributed by atoms with E-state index in [9.17, 15) is 10.1 Å². The van der Waals surface area contributed by atoms with E-state index < -0.39 is 4.92 Å². The van der Waals surface area contributed by atoms with E-state index in [1.807, 2.05) is 12.1 Å². The molecule has 0 spiro atoms. The van der Waals surface area contributed by atoms with Crippen molar-refractivity contribution in [1.82, 2.24) is 0 Å². The van der Waals surface area contributed by atoms with E-state index in [0.29, 0.717) is 18.9 Å². The second-order valence-electron chi connectivity index (χ2n) is 7.63. The van der Waals surface area contributed by atoms with Gasteiger partial charge < -0.3 is 13.6 Å². The Morgan fingerprint density at radius 3 is 2.28 bits per heavy atom. The van der Waals surface area contributed by atoms with Crippen LogP contribution in [0.25, 0.3) is 0 Å². The summed E-state index contributed by atoms with van der Waals surface area (Å²) in [7, 11) is 4.24. The molecule has 0 aliphatic heterocycles. The summed E-state index contributed by atoms with van der Waals surface area (Å²) >= 11 is 10.5. The van der Waals surface area contributed by atoms with Crippen LogP contribution >= 0.6 is 47.8 Å². The van der Waals surface area contributed by atoms with Crippen LogP contribution < -0.4 is 4.74 Å². The number of quaternary nitrogens is 1. The molecule has 0 aliphatic rings. The fraction of sp³-hybridized carbons (Fsp3) is 0.500. The van der Waals surface area contributed by atoms with Gasteiger partial charge in [-0.25, -0.2) is 0 Å². The molecule has 0 N–H and O–H groups in total. The number of nitrogens with zero attached hydrogens (tertiary/aromatic N) is 2. The molecule has 29 heavy (non-hydrogen) atoms. The first-order valence-electron chi connectivity index (χ1n) is 9.50. The van der Waals surface area contributed by atoms with Gasteiger partial charge in [-0.3, -0.25) is 10.1 Å². The zero-order valence-electron chi connectivity index (χ0n) is 16.6. The van der Waals surface area contributed by atoms with Crippen molar-refractivity contribution in [2.75, 3.05) is 27.2 Å². The predicted octanol–water partition coefficient (Wildman–Crippen LogP) is 7.08. The third-order valence-corrected chi connectivity index (χ3v) is 6.16. The van der Waals surface area contributed by atoms with Crippen molar-refractivity contribution < 1.29 is 18.6 Å². The first kappa shape index (κ1) is 24.4. The van der Waals surface area contributed by atoms with E-state index >= 15 is 0 Å². The van der Waals surface area contributed by atoms with Crippen molar-refractivity contribution in [1.29, 1.82) is 0 Å². The molecule has 1 heterocycles. The highest BCUT2D eigenvalue weighted by Gasteiger charge is 2.20. The standard InChI is InChI=1S/C20H26Br3N2O4/c1-25(2,14-16-8-9-19(29-16)24(26)27)10-6-4-3-5-7-11-28-20-17(22)12-15(21)13-18(20)23/h8-9,12-13H,3-7,10-11,14H2,1-2H3/q+1. The molecule has 160 valence electrons. The lowest BCUT2D eigenvalue weighted by Crippen LogP contribution is -2.39. The molecule has 0 radical (unpaired) electrons. The number of benzene rings is 1. The van der Waals surface area contributed by atoms with Gasteiger partial charge in [-0.05, 0) is 69.3 Å². The van der Waals surface area contributed by atoms with Gasteiger partial charge in [0.25, 0.3) is 0 Å². The summed E-state index contributed by atoms with van der Waals surface area (Å²) in [4.78, 5) is 10.2. The van der Waals surface area contributed by atoms with Crippen LogP contribution in [0.5, 0.6) is 5.75 Å². The van der Waals surface area contributed by atoms with Crippen molar-refractivity contribution >= 4 is 53.7 Å². The molecule has 0 amide bonds. The maximum absolute atomic E-state index is 10.7. The molecule has 0 aliphatic carbocycles. The summed E-state index contributed by atoms with van der Waals surface area (Å²) in [5.74, 6) is 1.30. The number of unbranched alkanes of at least 4 members (excludes halogenated alkanes) is 4. The first-order chi connectivity index (χ1) is 13.7. The Morgan fingerprint density at radius 2 is 1.66 bits per heavy atom. The fourth-order valence-electron chi connectivity index (χ4n) is 3.06. The molecule has 0 unspecified atom stereocenters. The van der Waals surface area contributed by atoms with Crippen LogP contribution in [0.3, 0.4) is 0 Å². The monoisotopic (exact) mass is 595 g/mol. The van der Waals surface area contributed by atoms with Crippen LogP contribution in [0, 0.1) is 10.1 Å². The summed E-state index contributed by atoms with van der Waals surface area (Å²) in [6.45, 7) is 2.35. The lowest BCUT2D eigenvalue weighted by Gasteiger charge is -2.28. The summed E-state index contributed by atoms with van der Waals surface area (Å²) in [6.07, 6.45) is 5.58. The molecular weight excluding hydrogens is 572 g/mol. The molecule has 0 saturated carbocycles. The molecule has 6 nitrogen and oxygen atoms in total. The third kappa shape index (κ3) is 8.39. The third-order valence-electron chi connectivity index (χ3n) is 4.53. The smallest absolute Gasteiger partial charge is 0.433 e. The molecular formula is C20H26Br3N2O4+. The Bertz CT molecular complexity index is 801. The summed E-state index contributed by atoms with van der Waals surface area (Å²) in [5.41, 5.74) is 0. The average Bonchev–Trinajstić information content (AvgIpc) is 3.07. The molecule has 2 aromatic rings. The minimum absolute atomic E-state index is 0.190. The van der Waals surface area contributed by atoms with Crippen LogP contribution in [-0.4, -0.2) is 36.7 Å². The zero-order chi connectivity index (χ0) is 21.4. The predicted molar refractivity (Wildman–Crippen MR) is 124 cm³/mol. The second-order valence-corrected chi connectivity index (χ2v) is 10.3. The number of hydrogen-bond acceptors (Lipinski definition) is 4. The summed E-state index contributed by atoms with van der Waals surface area (Å²) in [5, 5.41) is 10.7. The number of hydrogen-bond donors (Lipinski definition) is 0. The Kier molecular flexibility index (Phi) is 9.65. The van der Waals surface area contributed by atoms with Crippen molar-refractivity contribution in [2.45, 2.75) is 38.6 Å². The van der Waals surface area contributed by atoms with Gasteiger partial charge in [-0.2, -0.15) is 0 Å². The maximum Gasteiger partial charge on any atom is 0.433 e. The number of halogens is 3. The van der Waals surface area contributed by atoms with Gasteiger partial charge in [0, 0.05) is 4.47 Å². The average molecular weight is 598 g/mol. The Hall–Kier alpha value is -0.900. The van der Waals surface area contributed by atoms with Crippen molar-refractivity contribution in [3.63, 3.8) is 0 Å². The number of rotatable bonds is 12. The molecule has 9 heteroatoms. The van der Waals surface area contributed by atoms with Crippen molar-refractivity contribution in [2.24, 2.45) is 0 Å². The highest BCUT2D eigenvalue weighted by Crippen LogP contribution is 2.36. The van der Waals surface area contributed by atoms with Gasteiger partial charge in [-0.1, -0.05) is 28.8 Å². The quantitative estimate of drug-likeness (QED) is 0.113. The van der Waals surface area contributed by atoms with Gasteiger partial charge in [-0.15, -0.1) is 0 Å². The minimum atomic E-state index is -0.499. The molecule has 2 rings (SSSR count). The summed E-state index contributed by atoms with van der Waals surface area (Å²) in [6, 6.07) is 7.06. The van der Waals surface area contributed by atoms with Gasteiger partial charge in [0.15, 0.2) is 5.76 Å². The van der Waals surface area contributed by atoms with Crippen LogP contribution in [0.4, 0.5) is 5.88 Å². The van der Waals surface area contributed by atoms with E-state index in [4.69, 9.17) is 9.15 Å². The van der Waals surface area contributed by atoms with Gasteiger partial charge in [0.2, 0.25) is 0 Å². The molecule has 1 aromatic carbocycles. The van der Waals surface area contributed by atoms with Crippen molar-refractivity contribution in [3.05, 3.63) is 53.6 Å². The lowest BCUT2D eigenvalue weighted by molar-refractivity contribution is -0.904. The maximum atomic E-state index is 10.7. The zero-order valence-corrected chi connectivity index (χ0v) is 21.4. The van der Waals surface area contributed by atoms with Crippen LogP contribution in [0.15, 0.2) is 42.1 Å². The normalized spacial score (nSPS) is 11.6. The van der Waals surface area contributed by atoms with E-state index in [-0.39, 0.29) is 5.88 Å². The van der Waals surface area contributed by atoms with E-state index in [1.165, 1.54) is 6.07 Å². The second kappa shape index (κ2) is 11.5. The summed E-state index contributed by atoms with van der Waals surface area (Å²) < 4.78 is 14.8. The molecule has 0 atom stereocenters. The van der Waals surface area contributed by atoms with E-state index in [0.717, 1.165) is 62.3 Å². The Labute approximate surface area is 196 Å². The SMILES string of the molecule is C[N+](C)(CCCCCCCOc1c(Br)cc(Br)cc1Br)Cc1ccc([N+](=O)[O-])o1. The van der Waals surface area contributed by atoms with Gasteiger partial charge in [0.1, 0.15) is 17.2 Å². The molecule has 0 saturated heterocycles. The van der Waals surface area contributed by atoms with Crippen LogP contribution in [-0.2, 0) is 6.54 Å². The van der Waals surface area contributed by atoms with Crippen LogP contribution in [0.1, 0.15) is 37.9 Å². The largest absolute Gasteiger partial charge is 0.491 e. The lowest BCUT2D eigenvalue weighted by atomic mass is 10.1. The molecule has 0 bridgehead atoms. The Balaban J connectivity index is 1.60. The van der Waals surface area contributed by atoms with Gasteiger partial charge >= 0.3 is 5.88 Å². The number of furan rings is 1. The highest BCUT2D eigenvalue weighted by molar-refractivity contribution is 9.11. The van der Waals surface area contributed by atoms with E-state index in [2.05, 4.69) is 61.9 Å². The highest BCUT2D eigenvalue weighted by atomic mass is 79.9. The number of nitro groups is 1. The van der Waals surface area contributed by atoms with Crippen molar-refractivity contribution in [3.8, 4) is 5.75 Å². The van der Waals surface area contributed by atoms with Crippen LogP contribution in [0.2, 0.25) is 0 Å². The van der Waals surface area contributed by atoms with E-state index in [1.54, 1.807) is 6.07 Å².